The fraction of sp³-hybridized carbons (Fsp3) is 0.217. The lowest BCUT2D eigenvalue weighted by Crippen LogP contribution is -2.24. The third-order valence-corrected chi connectivity index (χ3v) is 4.55. The zero-order valence-electron chi connectivity index (χ0n) is 16.5. The minimum absolute atomic E-state index is 0.261. The van der Waals surface area contributed by atoms with E-state index in [1.807, 2.05) is 38.1 Å². The molecule has 0 aliphatic carbocycles. The topological polar surface area (TPSA) is 55.8 Å². The van der Waals surface area contributed by atoms with Crippen LogP contribution in [0.5, 0.6) is 5.75 Å². The van der Waals surface area contributed by atoms with Gasteiger partial charge in [-0.3, -0.25) is 9.69 Å². The number of hydrogen-bond acceptors (Lipinski definition) is 4. The molecule has 5 heteroatoms. The van der Waals surface area contributed by atoms with Crippen LogP contribution in [0.15, 0.2) is 65.4 Å². The molecule has 0 N–H and O–H groups in total. The Morgan fingerprint density at radius 1 is 1.11 bits per heavy atom. The molecule has 0 saturated heterocycles. The fourth-order valence-electron chi connectivity index (χ4n) is 3.28. The zero-order valence-corrected chi connectivity index (χ0v) is 16.5. The molecule has 0 bridgehead atoms. The summed E-state index contributed by atoms with van der Waals surface area (Å²) in [6.45, 7) is 6.21. The van der Waals surface area contributed by atoms with E-state index in [2.05, 4.69) is 0 Å². The molecule has 3 rings (SSSR count). The summed E-state index contributed by atoms with van der Waals surface area (Å²) in [5.74, 6) is -0.0648. The van der Waals surface area contributed by atoms with Crippen molar-refractivity contribution in [2.45, 2.75) is 20.8 Å². The van der Waals surface area contributed by atoms with Gasteiger partial charge in [-0.1, -0.05) is 29.8 Å². The highest BCUT2D eigenvalue weighted by Crippen LogP contribution is 2.36. The minimum atomic E-state index is -0.529. The Labute approximate surface area is 164 Å². The van der Waals surface area contributed by atoms with Crippen molar-refractivity contribution in [3.05, 3.63) is 76.5 Å². The molecule has 144 valence electrons. The normalized spacial score (nSPS) is 15.4. The van der Waals surface area contributed by atoms with Gasteiger partial charge in [-0.15, -0.1) is 0 Å². The first-order valence-corrected chi connectivity index (χ1v) is 9.11. The van der Waals surface area contributed by atoms with Crippen LogP contribution in [0, 0.1) is 6.92 Å². The Morgan fingerprint density at radius 2 is 1.82 bits per heavy atom. The van der Waals surface area contributed by atoms with E-state index in [4.69, 9.17) is 9.47 Å². The van der Waals surface area contributed by atoms with Gasteiger partial charge in [0.2, 0.25) is 0 Å². The third kappa shape index (κ3) is 3.69. The van der Waals surface area contributed by atoms with Crippen molar-refractivity contribution in [1.82, 2.24) is 0 Å². The number of ether oxygens (including phenoxy) is 2. The van der Waals surface area contributed by atoms with E-state index in [0.29, 0.717) is 23.6 Å². The van der Waals surface area contributed by atoms with Crippen molar-refractivity contribution in [3.63, 3.8) is 0 Å². The van der Waals surface area contributed by atoms with Gasteiger partial charge in [-0.2, -0.15) is 0 Å². The van der Waals surface area contributed by atoms with Crippen LogP contribution in [0.3, 0.4) is 0 Å². The lowest BCUT2D eigenvalue weighted by Gasteiger charge is -2.18. The second kappa shape index (κ2) is 8.13. The van der Waals surface area contributed by atoms with Crippen LogP contribution in [0.2, 0.25) is 0 Å². The SMILES string of the molecule is CCOc1ccc(N2C(=O)/C(=C\c3cccc(C)c3)C(C(=O)OC)=C2C)cc1. The van der Waals surface area contributed by atoms with Crippen molar-refractivity contribution in [2.24, 2.45) is 0 Å². The summed E-state index contributed by atoms with van der Waals surface area (Å²) in [4.78, 5) is 27.2. The second-order valence-corrected chi connectivity index (χ2v) is 6.49. The quantitative estimate of drug-likeness (QED) is 0.577. The van der Waals surface area contributed by atoms with Crippen molar-refractivity contribution >= 4 is 23.6 Å². The number of hydrogen-bond donors (Lipinski definition) is 0. The van der Waals surface area contributed by atoms with E-state index >= 15 is 0 Å². The largest absolute Gasteiger partial charge is 0.494 e. The molecule has 1 aliphatic heterocycles. The Bertz CT molecular complexity index is 970. The number of methoxy groups -OCH3 is 1. The van der Waals surface area contributed by atoms with E-state index in [9.17, 15) is 9.59 Å². The summed E-state index contributed by atoms with van der Waals surface area (Å²) in [5, 5.41) is 0. The molecule has 0 aromatic heterocycles. The average Bonchev–Trinajstić information content (AvgIpc) is 2.92. The second-order valence-electron chi connectivity index (χ2n) is 6.49. The summed E-state index contributed by atoms with van der Waals surface area (Å²) in [7, 11) is 1.32. The highest BCUT2D eigenvalue weighted by Gasteiger charge is 2.37. The number of carbonyl (C=O) groups excluding carboxylic acids is 2. The molecule has 0 saturated carbocycles. The molecule has 0 atom stereocenters. The number of esters is 1. The predicted octanol–water partition coefficient (Wildman–Crippen LogP) is 4.27. The average molecular weight is 377 g/mol. The predicted molar refractivity (Wildman–Crippen MR) is 109 cm³/mol. The lowest BCUT2D eigenvalue weighted by atomic mass is 10.0. The van der Waals surface area contributed by atoms with Gasteiger partial charge in [-0.05, 0) is 56.7 Å². The molecule has 0 radical (unpaired) electrons. The van der Waals surface area contributed by atoms with E-state index in [1.54, 1.807) is 37.3 Å². The van der Waals surface area contributed by atoms with Crippen LogP contribution in [0.1, 0.15) is 25.0 Å². The molecular weight excluding hydrogens is 354 g/mol. The number of amides is 1. The summed E-state index contributed by atoms with van der Waals surface area (Å²) in [6.07, 6.45) is 1.74. The smallest absolute Gasteiger partial charge is 0.340 e. The Hall–Kier alpha value is -3.34. The molecular formula is C23H23NO4. The van der Waals surface area contributed by atoms with E-state index in [-0.39, 0.29) is 11.5 Å². The van der Waals surface area contributed by atoms with Gasteiger partial charge in [0.05, 0.1) is 24.9 Å². The zero-order chi connectivity index (χ0) is 20.3. The number of carbonyl (C=O) groups is 2. The number of allylic oxidation sites excluding steroid dienone is 1. The van der Waals surface area contributed by atoms with Crippen molar-refractivity contribution in [2.75, 3.05) is 18.6 Å². The van der Waals surface area contributed by atoms with Gasteiger partial charge in [-0.25, -0.2) is 4.79 Å². The van der Waals surface area contributed by atoms with E-state index < -0.39 is 5.97 Å². The molecule has 0 spiro atoms. The molecule has 2 aromatic rings. The van der Waals surface area contributed by atoms with Gasteiger partial charge in [0.1, 0.15) is 5.75 Å². The molecule has 5 nitrogen and oxygen atoms in total. The van der Waals surface area contributed by atoms with Crippen LogP contribution < -0.4 is 9.64 Å². The van der Waals surface area contributed by atoms with Crippen molar-refractivity contribution < 1.29 is 19.1 Å². The molecule has 2 aromatic carbocycles. The maximum atomic E-state index is 13.2. The standard InChI is InChI=1S/C23H23NO4/c1-5-28-19-11-9-18(10-12-19)24-16(3)21(23(26)27-4)20(22(24)25)14-17-8-6-7-15(2)13-17/h6-14H,5H2,1-4H3/b20-14-. The van der Waals surface area contributed by atoms with Gasteiger partial charge in [0.15, 0.2) is 0 Å². The van der Waals surface area contributed by atoms with Crippen molar-refractivity contribution in [1.29, 1.82) is 0 Å². The van der Waals surface area contributed by atoms with Crippen molar-refractivity contribution in [3.8, 4) is 5.75 Å². The third-order valence-electron chi connectivity index (χ3n) is 4.55. The highest BCUT2D eigenvalue weighted by atomic mass is 16.5. The molecule has 0 unspecified atom stereocenters. The van der Waals surface area contributed by atoms with Crippen LogP contribution in [0.4, 0.5) is 5.69 Å². The highest BCUT2D eigenvalue weighted by molar-refractivity contribution is 6.23. The number of rotatable bonds is 5. The first-order valence-electron chi connectivity index (χ1n) is 9.11. The molecule has 1 amide bonds. The monoisotopic (exact) mass is 377 g/mol. The molecule has 1 aliphatic rings. The summed E-state index contributed by atoms with van der Waals surface area (Å²) >= 11 is 0. The van der Waals surface area contributed by atoms with Gasteiger partial charge in [0.25, 0.3) is 5.91 Å². The van der Waals surface area contributed by atoms with Gasteiger partial charge in [0, 0.05) is 11.4 Å². The lowest BCUT2D eigenvalue weighted by molar-refractivity contribution is -0.136. The van der Waals surface area contributed by atoms with Gasteiger partial charge >= 0.3 is 5.97 Å². The Morgan fingerprint density at radius 3 is 2.43 bits per heavy atom. The molecule has 28 heavy (non-hydrogen) atoms. The first kappa shape index (κ1) is 19.4. The van der Waals surface area contributed by atoms with Crippen LogP contribution >= 0.6 is 0 Å². The Balaban J connectivity index is 2.07. The van der Waals surface area contributed by atoms with Crippen LogP contribution in [0.25, 0.3) is 6.08 Å². The number of anilines is 1. The number of aryl methyl sites for hydroxylation is 1. The Kier molecular flexibility index (Phi) is 5.64. The summed E-state index contributed by atoms with van der Waals surface area (Å²) in [6, 6.07) is 15.0. The van der Waals surface area contributed by atoms with Gasteiger partial charge < -0.3 is 9.47 Å². The summed E-state index contributed by atoms with van der Waals surface area (Å²) < 4.78 is 10.4. The van der Waals surface area contributed by atoms with E-state index in [0.717, 1.165) is 16.9 Å². The molecule has 1 heterocycles. The number of benzene rings is 2. The van der Waals surface area contributed by atoms with Crippen LogP contribution in [-0.2, 0) is 14.3 Å². The first-order chi connectivity index (χ1) is 13.5. The fourth-order valence-corrected chi connectivity index (χ4v) is 3.28. The number of nitrogens with zero attached hydrogens (tertiary/aromatic N) is 1. The molecule has 0 fully saturated rings. The summed E-state index contributed by atoms with van der Waals surface area (Å²) in [5.41, 5.74) is 3.74. The van der Waals surface area contributed by atoms with E-state index in [1.165, 1.54) is 12.0 Å². The maximum Gasteiger partial charge on any atom is 0.340 e. The maximum absolute atomic E-state index is 13.2. The minimum Gasteiger partial charge on any atom is -0.494 e. The van der Waals surface area contributed by atoms with Crippen LogP contribution in [-0.4, -0.2) is 25.6 Å².